The van der Waals surface area contributed by atoms with Crippen LogP contribution in [0.4, 0.5) is 0 Å². The minimum atomic E-state index is 0.357. The maximum absolute atomic E-state index is 6.04. The molecular formula is C13H18ClNO. The summed E-state index contributed by atoms with van der Waals surface area (Å²) in [5.74, 6) is 0.958. The van der Waals surface area contributed by atoms with Crippen LogP contribution in [0.5, 0.6) is 5.75 Å². The summed E-state index contributed by atoms with van der Waals surface area (Å²) in [6.07, 6.45) is 2.19. The van der Waals surface area contributed by atoms with Crippen LogP contribution >= 0.6 is 11.6 Å². The molecule has 0 aromatic heterocycles. The van der Waals surface area contributed by atoms with E-state index in [1.54, 1.807) is 0 Å². The van der Waals surface area contributed by atoms with Crippen molar-refractivity contribution >= 4 is 11.6 Å². The summed E-state index contributed by atoms with van der Waals surface area (Å²) in [4.78, 5) is 2.41. The van der Waals surface area contributed by atoms with Gasteiger partial charge in [0.1, 0.15) is 5.75 Å². The average Bonchev–Trinajstić information content (AvgIpc) is 2.72. The topological polar surface area (TPSA) is 12.5 Å². The summed E-state index contributed by atoms with van der Waals surface area (Å²) in [6.45, 7) is 4.05. The fourth-order valence-electron chi connectivity index (χ4n) is 1.98. The third kappa shape index (κ3) is 3.69. The molecule has 1 unspecified atom stereocenters. The van der Waals surface area contributed by atoms with E-state index in [1.165, 1.54) is 0 Å². The molecule has 1 heterocycles. The predicted molar refractivity (Wildman–Crippen MR) is 67.3 cm³/mol. The summed E-state index contributed by atoms with van der Waals surface area (Å²) in [6, 6.07) is 9.97. The van der Waals surface area contributed by atoms with Crippen LogP contribution in [0, 0.1) is 0 Å². The summed E-state index contributed by atoms with van der Waals surface area (Å²) in [5, 5.41) is 0.357. The maximum atomic E-state index is 6.04. The lowest BCUT2D eigenvalue weighted by Crippen LogP contribution is -2.23. The number of hydrogen-bond donors (Lipinski definition) is 0. The molecule has 0 aliphatic carbocycles. The number of benzene rings is 1. The molecule has 0 saturated carbocycles. The lowest BCUT2D eigenvalue weighted by Gasteiger charge is -2.14. The summed E-state index contributed by atoms with van der Waals surface area (Å²) in [7, 11) is 0. The third-order valence-corrected chi connectivity index (χ3v) is 3.20. The second-order valence-corrected chi connectivity index (χ2v) is 4.82. The molecular weight excluding hydrogens is 222 g/mol. The summed E-state index contributed by atoms with van der Waals surface area (Å²) < 4.78 is 5.63. The van der Waals surface area contributed by atoms with E-state index < -0.39 is 0 Å². The first-order valence-electron chi connectivity index (χ1n) is 5.89. The van der Waals surface area contributed by atoms with Crippen LogP contribution in [-0.2, 0) is 0 Å². The minimum absolute atomic E-state index is 0.357. The van der Waals surface area contributed by atoms with Crippen molar-refractivity contribution in [3.05, 3.63) is 30.3 Å². The SMILES string of the molecule is ClC1CCN(CCCOc2ccccc2)C1. The molecule has 2 rings (SSSR count). The highest BCUT2D eigenvalue weighted by molar-refractivity contribution is 6.20. The molecule has 1 aromatic rings. The molecule has 1 aliphatic heterocycles. The van der Waals surface area contributed by atoms with Gasteiger partial charge in [0.05, 0.1) is 6.61 Å². The van der Waals surface area contributed by atoms with Crippen molar-refractivity contribution in [3.8, 4) is 5.75 Å². The lowest BCUT2D eigenvalue weighted by molar-refractivity contribution is 0.263. The highest BCUT2D eigenvalue weighted by Crippen LogP contribution is 2.14. The molecule has 0 spiro atoms. The monoisotopic (exact) mass is 239 g/mol. The molecule has 0 bridgehead atoms. The molecule has 0 radical (unpaired) electrons. The van der Waals surface area contributed by atoms with E-state index >= 15 is 0 Å². The van der Waals surface area contributed by atoms with Crippen LogP contribution in [0.3, 0.4) is 0 Å². The van der Waals surface area contributed by atoms with E-state index in [2.05, 4.69) is 4.90 Å². The summed E-state index contributed by atoms with van der Waals surface area (Å²) >= 11 is 6.04. The van der Waals surface area contributed by atoms with E-state index in [9.17, 15) is 0 Å². The zero-order chi connectivity index (χ0) is 11.2. The van der Waals surface area contributed by atoms with Crippen LogP contribution in [-0.4, -0.2) is 36.5 Å². The Kier molecular flexibility index (Phi) is 4.49. The Balaban J connectivity index is 1.59. The fourth-order valence-corrected chi connectivity index (χ4v) is 2.28. The van der Waals surface area contributed by atoms with Gasteiger partial charge in [0.2, 0.25) is 0 Å². The lowest BCUT2D eigenvalue weighted by atomic mass is 10.3. The first-order valence-corrected chi connectivity index (χ1v) is 6.32. The molecule has 1 fully saturated rings. The van der Waals surface area contributed by atoms with Crippen LogP contribution in [0.1, 0.15) is 12.8 Å². The predicted octanol–water partition coefficient (Wildman–Crippen LogP) is 2.77. The van der Waals surface area contributed by atoms with Gasteiger partial charge >= 0.3 is 0 Å². The smallest absolute Gasteiger partial charge is 0.119 e. The third-order valence-electron chi connectivity index (χ3n) is 2.85. The van der Waals surface area contributed by atoms with Gasteiger partial charge in [0, 0.05) is 18.5 Å². The Hall–Kier alpha value is -0.730. The Morgan fingerprint density at radius 1 is 1.31 bits per heavy atom. The molecule has 1 aliphatic rings. The fraction of sp³-hybridized carbons (Fsp3) is 0.538. The van der Waals surface area contributed by atoms with Gasteiger partial charge in [-0.05, 0) is 31.5 Å². The average molecular weight is 240 g/mol. The largest absolute Gasteiger partial charge is 0.494 e. The second kappa shape index (κ2) is 6.12. The first-order chi connectivity index (χ1) is 7.84. The number of nitrogens with zero attached hydrogens (tertiary/aromatic N) is 1. The van der Waals surface area contributed by atoms with Gasteiger partial charge in [-0.25, -0.2) is 0 Å². The first kappa shape index (κ1) is 11.7. The van der Waals surface area contributed by atoms with Gasteiger partial charge in [-0.3, -0.25) is 0 Å². The van der Waals surface area contributed by atoms with Crippen molar-refractivity contribution in [1.29, 1.82) is 0 Å². The number of alkyl halides is 1. The zero-order valence-corrected chi connectivity index (χ0v) is 10.2. The molecule has 88 valence electrons. The zero-order valence-electron chi connectivity index (χ0n) is 9.44. The molecule has 16 heavy (non-hydrogen) atoms. The van der Waals surface area contributed by atoms with Crippen LogP contribution in [0.25, 0.3) is 0 Å². The molecule has 2 nitrogen and oxygen atoms in total. The molecule has 1 aromatic carbocycles. The van der Waals surface area contributed by atoms with Crippen molar-refractivity contribution in [3.63, 3.8) is 0 Å². The Morgan fingerprint density at radius 3 is 2.81 bits per heavy atom. The number of ether oxygens (including phenoxy) is 1. The van der Waals surface area contributed by atoms with Gasteiger partial charge in [-0.1, -0.05) is 18.2 Å². The Morgan fingerprint density at radius 2 is 2.12 bits per heavy atom. The van der Waals surface area contributed by atoms with Gasteiger partial charge in [-0.2, -0.15) is 0 Å². The standard InChI is InChI=1S/C13H18ClNO/c14-12-7-9-15(11-12)8-4-10-16-13-5-2-1-3-6-13/h1-3,5-6,12H,4,7-11H2. The Bertz CT molecular complexity index is 304. The molecule has 1 atom stereocenters. The van der Waals surface area contributed by atoms with Crippen molar-refractivity contribution in [2.24, 2.45) is 0 Å². The summed E-state index contributed by atoms with van der Waals surface area (Å²) in [5.41, 5.74) is 0. The molecule has 0 N–H and O–H groups in total. The van der Waals surface area contributed by atoms with E-state index in [0.717, 1.165) is 44.8 Å². The quantitative estimate of drug-likeness (QED) is 0.579. The second-order valence-electron chi connectivity index (χ2n) is 4.20. The van der Waals surface area contributed by atoms with Crippen molar-refractivity contribution in [2.45, 2.75) is 18.2 Å². The highest BCUT2D eigenvalue weighted by atomic mass is 35.5. The van der Waals surface area contributed by atoms with E-state index in [-0.39, 0.29) is 0 Å². The number of rotatable bonds is 5. The Labute approximate surface area is 102 Å². The van der Waals surface area contributed by atoms with Crippen molar-refractivity contribution in [1.82, 2.24) is 4.90 Å². The minimum Gasteiger partial charge on any atom is -0.494 e. The van der Waals surface area contributed by atoms with Crippen molar-refractivity contribution < 1.29 is 4.74 Å². The van der Waals surface area contributed by atoms with Gasteiger partial charge in [-0.15, -0.1) is 11.6 Å². The van der Waals surface area contributed by atoms with Gasteiger partial charge in [0.15, 0.2) is 0 Å². The molecule has 3 heteroatoms. The van der Waals surface area contributed by atoms with Crippen LogP contribution in [0.15, 0.2) is 30.3 Å². The van der Waals surface area contributed by atoms with Crippen molar-refractivity contribution in [2.75, 3.05) is 26.2 Å². The number of para-hydroxylation sites is 1. The number of hydrogen-bond acceptors (Lipinski definition) is 2. The van der Waals surface area contributed by atoms with E-state index in [4.69, 9.17) is 16.3 Å². The van der Waals surface area contributed by atoms with Gasteiger partial charge in [0.25, 0.3) is 0 Å². The number of likely N-dealkylation sites (tertiary alicyclic amines) is 1. The number of halogens is 1. The molecule has 1 saturated heterocycles. The van der Waals surface area contributed by atoms with Gasteiger partial charge < -0.3 is 9.64 Å². The maximum Gasteiger partial charge on any atom is 0.119 e. The van der Waals surface area contributed by atoms with E-state index in [1.807, 2.05) is 30.3 Å². The normalized spacial score (nSPS) is 21.2. The van der Waals surface area contributed by atoms with Crippen LogP contribution < -0.4 is 4.74 Å². The highest BCUT2D eigenvalue weighted by Gasteiger charge is 2.19. The van der Waals surface area contributed by atoms with E-state index in [0.29, 0.717) is 5.38 Å². The molecule has 0 amide bonds. The van der Waals surface area contributed by atoms with Crippen LogP contribution in [0.2, 0.25) is 0 Å².